The molecule has 0 saturated heterocycles. The van der Waals surface area contributed by atoms with E-state index in [9.17, 15) is 0 Å². The Morgan fingerprint density at radius 3 is 0.772 bits per heavy atom. The summed E-state index contributed by atoms with van der Waals surface area (Å²) >= 11 is 0. The van der Waals surface area contributed by atoms with Crippen molar-refractivity contribution in [3.8, 4) is 17.1 Å². The summed E-state index contributed by atoms with van der Waals surface area (Å²) in [6.45, 7) is 0. The second kappa shape index (κ2) is 11.5. The second-order valence-corrected chi connectivity index (χ2v) is 15.2. The first kappa shape index (κ1) is 30.7. The molecular weight excluding hydrogens is 691 g/mol. The van der Waals surface area contributed by atoms with E-state index < -0.39 is 0 Å². The Morgan fingerprint density at radius 2 is 0.456 bits per heavy atom. The van der Waals surface area contributed by atoms with Crippen LogP contribution in [-0.4, -0.2) is 13.7 Å². The van der Waals surface area contributed by atoms with Gasteiger partial charge in [-0.05, 0) is 52.6 Å². The highest BCUT2D eigenvalue weighted by Gasteiger charge is 2.29. The third-order valence-electron chi connectivity index (χ3n) is 12.4. The lowest BCUT2D eigenvalue weighted by molar-refractivity contribution is 1.19. The molecule has 3 heterocycles. The lowest BCUT2D eigenvalue weighted by Crippen LogP contribution is -1.99. The molecule has 13 aromatic rings. The van der Waals surface area contributed by atoms with Gasteiger partial charge >= 0.3 is 0 Å². The molecule has 0 aliphatic rings. The van der Waals surface area contributed by atoms with Crippen molar-refractivity contribution >= 4 is 97.7 Å². The zero-order valence-electron chi connectivity index (χ0n) is 30.9. The van der Waals surface area contributed by atoms with Crippen LogP contribution in [0.15, 0.2) is 200 Å². The lowest BCUT2D eigenvalue weighted by atomic mass is 10.0. The molecule has 0 N–H and O–H groups in total. The van der Waals surface area contributed by atoms with Crippen molar-refractivity contribution in [2.75, 3.05) is 0 Å². The van der Waals surface area contributed by atoms with Gasteiger partial charge in [0, 0.05) is 48.5 Å². The summed E-state index contributed by atoms with van der Waals surface area (Å²) in [5.41, 5.74) is 10.7. The first-order valence-electron chi connectivity index (χ1n) is 19.7. The van der Waals surface area contributed by atoms with E-state index in [4.69, 9.17) is 0 Å². The first-order valence-corrected chi connectivity index (χ1v) is 19.7. The fraction of sp³-hybridized carbons (Fsp3) is 0. The van der Waals surface area contributed by atoms with Crippen LogP contribution >= 0.6 is 0 Å². The van der Waals surface area contributed by atoms with Gasteiger partial charge in [-0.2, -0.15) is 0 Å². The van der Waals surface area contributed by atoms with Crippen LogP contribution in [0.4, 0.5) is 0 Å². The minimum Gasteiger partial charge on any atom is -0.308 e. The summed E-state index contributed by atoms with van der Waals surface area (Å²) in [7, 11) is 0. The summed E-state index contributed by atoms with van der Waals surface area (Å²) in [5.74, 6) is 0. The Balaban J connectivity index is 1.40. The molecule has 3 aromatic heterocycles. The highest BCUT2D eigenvalue weighted by atomic mass is 15.0. The minimum atomic E-state index is 1.18. The van der Waals surface area contributed by atoms with Gasteiger partial charge in [0.25, 0.3) is 0 Å². The third kappa shape index (κ3) is 4.05. The van der Waals surface area contributed by atoms with Gasteiger partial charge in [0.2, 0.25) is 0 Å². The molecule has 0 unspecified atom stereocenters. The van der Waals surface area contributed by atoms with Crippen molar-refractivity contribution in [1.29, 1.82) is 0 Å². The van der Waals surface area contributed by atoms with Crippen LogP contribution < -0.4 is 0 Å². The average molecular weight is 724 g/mol. The Hall–Kier alpha value is -7.62. The van der Waals surface area contributed by atoms with Gasteiger partial charge in [-0.25, -0.2) is 0 Å². The number of rotatable bonds is 3. The average Bonchev–Trinajstić information content (AvgIpc) is 3.92. The highest BCUT2D eigenvalue weighted by Crippen LogP contribution is 2.51. The molecule has 0 radical (unpaired) electrons. The number of hydrogen-bond donors (Lipinski definition) is 0. The van der Waals surface area contributed by atoms with Crippen LogP contribution in [0.1, 0.15) is 0 Å². The summed E-state index contributed by atoms with van der Waals surface area (Å²) in [6, 6.07) is 73.7. The molecular formula is C54H33N3. The van der Waals surface area contributed by atoms with Gasteiger partial charge in [0.1, 0.15) is 0 Å². The summed E-state index contributed by atoms with van der Waals surface area (Å²) in [5, 5.41) is 14.8. The van der Waals surface area contributed by atoms with E-state index in [0.29, 0.717) is 0 Å². The molecule has 264 valence electrons. The predicted molar refractivity (Wildman–Crippen MR) is 242 cm³/mol. The minimum absolute atomic E-state index is 1.18. The summed E-state index contributed by atoms with van der Waals surface area (Å²) in [6.07, 6.45) is 0. The molecule has 0 aliphatic heterocycles. The van der Waals surface area contributed by atoms with E-state index in [1.54, 1.807) is 0 Å². The van der Waals surface area contributed by atoms with Crippen molar-refractivity contribution in [2.24, 2.45) is 0 Å². The van der Waals surface area contributed by atoms with Gasteiger partial charge in [0.05, 0.1) is 50.2 Å². The standard InChI is InChI=1S/C54H33N3/c1-4-22-37-34(16-1)19-13-31-43(37)55-46-28-10-7-25-40(46)49-52(55)50-41-26-8-11-29-47(41)56(44-32-14-20-35-17-2-5-23-38(35)44)54(50)51-42-27-9-12-30-48(42)57(53(49)51)45-33-15-21-36-18-3-6-24-39(36)45/h1-33H. The van der Waals surface area contributed by atoms with E-state index >= 15 is 0 Å². The molecule has 0 saturated carbocycles. The molecule has 13 rings (SSSR count). The maximum Gasteiger partial charge on any atom is 0.0663 e. The molecule has 0 aliphatic carbocycles. The van der Waals surface area contributed by atoms with E-state index in [1.807, 2.05) is 0 Å². The number of para-hydroxylation sites is 3. The van der Waals surface area contributed by atoms with Crippen LogP contribution in [-0.2, 0) is 0 Å². The lowest BCUT2D eigenvalue weighted by Gasteiger charge is -2.16. The fourth-order valence-corrected chi connectivity index (χ4v) is 10.1. The predicted octanol–water partition coefficient (Wildman–Crippen LogP) is 14.4. The molecule has 3 heteroatoms. The van der Waals surface area contributed by atoms with Gasteiger partial charge < -0.3 is 13.7 Å². The molecule has 3 nitrogen and oxygen atoms in total. The number of aromatic nitrogens is 3. The van der Waals surface area contributed by atoms with Crippen LogP contribution in [0.5, 0.6) is 0 Å². The molecule has 10 aromatic carbocycles. The van der Waals surface area contributed by atoms with Crippen LogP contribution in [0, 0.1) is 0 Å². The van der Waals surface area contributed by atoms with Crippen molar-refractivity contribution < 1.29 is 0 Å². The second-order valence-electron chi connectivity index (χ2n) is 15.2. The van der Waals surface area contributed by atoms with E-state index in [-0.39, 0.29) is 0 Å². The van der Waals surface area contributed by atoms with Gasteiger partial charge in [-0.15, -0.1) is 0 Å². The maximum atomic E-state index is 2.57. The maximum absolute atomic E-state index is 2.57. The fourth-order valence-electron chi connectivity index (χ4n) is 10.1. The molecule has 0 amide bonds. The zero-order valence-corrected chi connectivity index (χ0v) is 30.9. The van der Waals surface area contributed by atoms with Crippen LogP contribution in [0.2, 0.25) is 0 Å². The Kier molecular flexibility index (Phi) is 6.16. The van der Waals surface area contributed by atoms with Gasteiger partial charge in [0.15, 0.2) is 0 Å². The number of hydrogen-bond acceptors (Lipinski definition) is 0. The van der Waals surface area contributed by atoms with Gasteiger partial charge in [-0.1, -0.05) is 164 Å². The monoisotopic (exact) mass is 723 g/mol. The topological polar surface area (TPSA) is 14.8 Å². The number of benzene rings is 10. The Morgan fingerprint density at radius 1 is 0.211 bits per heavy atom. The van der Waals surface area contributed by atoms with Crippen molar-refractivity contribution in [3.05, 3.63) is 200 Å². The third-order valence-corrected chi connectivity index (χ3v) is 12.4. The van der Waals surface area contributed by atoms with Gasteiger partial charge in [-0.3, -0.25) is 0 Å². The van der Waals surface area contributed by atoms with Crippen LogP contribution in [0.3, 0.4) is 0 Å². The Labute approximate surface area is 327 Å². The zero-order chi connectivity index (χ0) is 37.2. The van der Waals surface area contributed by atoms with E-state index in [1.165, 1.54) is 115 Å². The van der Waals surface area contributed by atoms with E-state index in [2.05, 4.69) is 214 Å². The largest absolute Gasteiger partial charge is 0.308 e. The number of fused-ring (bicyclic) bond motifs is 15. The highest BCUT2D eigenvalue weighted by molar-refractivity contribution is 6.40. The molecule has 0 bridgehead atoms. The first-order chi connectivity index (χ1) is 28.3. The van der Waals surface area contributed by atoms with Crippen molar-refractivity contribution in [3.63, 3.8) is 0 Å². The smallest absolute Gasteiger partial charge is 0.0663 e. The normalized spacial score (nSPS) is 12.2. The quantitative estimate of drug-likeness (QED) is 0.172. The summed E-state index contributed by atoms with van der Waals surface area (Å²) in [4.78, 5) is 0. The number of nitrogens with zero attached hydrogens (tertiary/aromatic N) is 3. The van der Waals surface area contributed by atoms with Crippen LogP contribution in [0.25, 0.3) is 115 Å². The SMILES string of the molecule is c1ccc2c(-n3c4ccccc4c4c3c3c5ccccc5n(-c5cccc6ccccc56)c3c3c5ccccc5n(-c5cccc6ccccc56)c43)cccc2c1. The molecule has 0 spiro atoms. The molecule has 0 fully saturated rings. The van der Waals surface area contributed by atoms with Crippen molar-refractivity contribution in [1.82, 2.24) is 13.7 Å². The molecule has 57 heavy (non-hydrogen) atoms. The Bertz CT molecular complexity index is 3370. The molecule has 0 atom stereocenters. The van der Waals surface area contributed by atoms with E-state index in [0.717, 1.165) is 0 Å². The summed E-state index contributed by atoms with van der Waals surface area (Å²) < 4.78 is 7.71. The van der Waals surface area contributed by atoms with Crippen molar-refractivity contribution in [2.45, 2.75) is 0 Å².